The summed E-state index contributed by atoms with van der Waals surface area (Å²) >= 11 is 0. The molecule has 4 nitrogen and oxygen atoms in total. The lowest BCUT2D eigenvalue weighted by Crippen LogP contribution is -2.30. The number of hydrogen-bond acceptors (Lipinski definition) is 3. The fraction of sp³-hybridized carbons (Fsp3) is 0.857. The molecule has 0 aromatic heterocycles. The first-order valence-corrected chi connectivity index (χ1v) is 3.92. The van der Waals surface area contributed by atoms with Crippen LogP contribution >= 0.6 is 0 Å². The maximum absolute atomic E-state index is 10.6. The Morgan fingerprint density at radius 1 is 1.55 bits per heavy atom. The Morgan fingerprint density at radius 3 is 2.82 bits per heavy atom. The lowest BCUT2D eigenvalue weighted by molar-refractivity contribution is 0.144. The molecule has 0 bridgehead atoms. The van der Waals surface area contributed by atoms with Crippen molar-refractivity contribution in [1.29, 1.82) is 0 Å². The highest BCUT2D eigenvalue weighted by atomic mass is 16.5. The summed E-state index contributed by atoms with van der Waals surface area (Å²) in [6.07, 6.45) is 2.72. The summed E-state index contributed by atoms with van der Waals surface area (Å²) in [7, 11) is 0. The van der Waals surface area contributed by atoms with Gasteiger partial charge in [0.25, 0.3) is 0 Å². The largest absolute Gasteiger partial charge is 0.450 e. The van der Waals surface area contributed by atoms with E-state index in [4.69, 9.17) is 10.5 Å². The lowest BCUT2D eigenvalue weighted by Gasteiger charge is -2.03. The first kappa shape index (κ1) is 10.2. The summed E-state index contributed by atoms with van der Waals surface area (Å²) in [4.78, 5) is 10.6. The number of amides is 1. The zero-order valence-corrected chi connectivity index (χ0v) is 6.93. The highest BCUT2D eigenvalue weighted by Crippen LogP contribution is 1.93. The molecule has 0 aliphatic rings. The molecule has 0 radical (unpaired) electrons. The van der Waals surface area contributed by atoms with Gasteiger partial charge in [-0.25, -0.2) is 4.79 Å². The minimum atomic E-state index is -0.427. The van der Waals surface area contributed by atoms with Gasteiger partial charge in [-0.3, -0.25) is 0 Å². The van der Waals surface area contributed by atoms with Gasteiger partial charge in [0.15, 0.2) is 0 Å². The molecule has 3 N–H and O–H groups in total. The molecule has 0 aliphatic heterocycles. The van der Waals surface area contributed by atoms with E-state index in [9.17, 15) is 4.79 Å². The number of nitrogens with one attached hydrogen (secondary N) is 1. The lowest BCUT2D eigenvalue weighted by atomic mass is 10.3. The third kappa shape index (κ3) is 7.12. The van der Waals surface area contributed by atoms with E-state index in [2.05, 4.69) is 12.2 Å². The quantitative estimate of drug-likeness (QED) is 0.462. The Morgan fingerprint density at radius 2 is 2.27 bits per heavy atom. The zero-order valence-electron chi connectivity index (χ0n) is 6.93. The number of carbonyl (C=O) groups excluding carboxylic acids is 1. The fourth-order valence-corrected chi connectivity index (χ4v) is 0.651. The average molecular weight is 160 g/mol. The normalized spacial score (nSPS) is 9.27. The molecule has 11 heavy (non-hydrogen) atoms. The van der Waals surface area contributed by atoms with Gasteiger partial charge >= 0.3 is 6.09 Å². The third-order valence-electron chi connectivity index (χ3n) is 1.23. The summed E-state index contributed by atoms with van der Waals surface area (Å²) in [6.45, 7) is 2.71. The van der Waals surface area contributed by atoms with Crippen LogP contribution in [0.4, 0.5) is 4.79 Å². The molecule has 66 valence electrons. The van der Waals surface area contributed by atoms with Gasteiger partial charge < -0.3 is 15.8 Å². The highest BCUT2D eigenvalue weighted by Gasteiger charge is 1.96. The molecule has 0 saturated heterocycles. The highest BCUT2D eigenvalue weighted by molar-refractivity contribution is 5.66. The molecule has 0 unspecified atom stereocenters. The van der Waals surface area contributed by atoms with Crippen LogP contribution in [0.5, 0.6) is 0 Å². The van der Waals surface area contributed by atoms with Crippen LogP contribution in [0.3, 0.4) is 0 Å². The number of alkyl carbamates (subject to hydrolysis) is 1. The SMILES string of the molecule is CCCCCOC(=O)NCN. The van der Waals surface area contributed by atoms with E-state index in [0.717, 1.165) is 19.3 Å². The van der Waals surface area contributed by atoms with Crippen LogP contribution in [-0.2, 0) is 4.74 Å². The van der Waals surface area contributed by atoms with Gasteiger partial charge in [0.2, 0.25) is 0 Å². The number of unbranched alkanes of at least 4 members (excludes halogenated alkanes) is 2. The topological polar surface area (TPSA) is 64.3 Å². The standard InChI is InChI=1S/C7H16N2O2/c1-2-3-4-5-11-7(10)9-6-8/h2-6,8H2,1H3,(H,9,10). The summed E-state index contributed by atoms with van der Waals surface area (Å²) in [5.41, 5.74) is 5.05. The van der Waals surface area contributed by atoms with Crippen LogP contribution in [0, 0.1) is 0 Å². The van der Waals surface area contributed by atoms with Crippen molar-refractivity contribution < 1.29 is 9.53 Å². The van der Waals surface area contributed by atoms with Crippen molar-refractivity contribution in [2.24, 2.45) is 5.73 Å². The Kier molecular flexibility index (Phi) is 6.82. The molecule has 0 saturated carbocycles. The first-order valence-electron chi connectivity index (χ1n) is 3.92. The van der Waals surface area contributed by atoms with Crippen molar-refractivity contribution in [3.8, 4) is 0 Å². The van der Waals surface area contributed by atoms with Gasteiger partial charge in [0, 0.05) is 0 Å². The zero-order chi connectivity index (χ0) is 8.53. The predicted octanol–water partition coefficient (Wildman–Crippen LogP) is 0.819. The summed E-state index contributed by atoms with van der Waals surface area (Å²) in [6, 6.07) is 0. The maximum Gasteiger partial charge on any atom is 0.408 e. The summed E-state index contributed by atoms with van der Waals surface area (Å²) in [5.74, 6) is 0. The van der Waals surface area contributed by atoms with Crippen molar-refractivity contribution in [3.05, 3.63) is 0 Å². The number of nitrogens with two attached hydrogens (primary N) is 1. The van der Waals surface area contributed by atoms with Gasteiger partial charge in [-0.05, 0) is 6.42 Å². The van der Waals surface area contributed by atoms with E-state index in [0.29, 0.717) is 6.61 Å². The molecule has 0 aliphatic carbocycles. The monoisotopic (exact) mass is 160 g/mol. The Balaban J connectivity index is 3.04. The fourth-order valence-electron chi connectivity index (χ4n) is 0.651. The van der Waals surface area contributed by atoms with E-state index >= 15 is 0 Å². The van der Waals surface area contributed by atoms with E-state index in [1.54, 1.807) is 0 Å². The molecule has 1 amide bonds. The molecular formula is C7H16N2O2. The number of ether oxygens (including phenoxy) is 1. The smallest absolute Gasteiger partial charge is 0.408 e. The predicted molar refractivity (Wildman–Crippen MR) is 43.1 cm³/mol. The Hall–Kier alpha value is -0.770. The van der Waals surface area contributed by atoms with Gasteiger partial charge in [-0.1, -0.05) is 19.8 Å². The minimum absolute atomic E-state index is 0.132. The van der Waals surface area contributed by atoms with Crippen LogP contribution in [0.25, 0.3) is 0 Å². The van der Waals surface area contributed by atoms with Crippen LogP contribution < -0.4 is 11.1 Å². The van der Waals surface area contributed by atoms with E-state index < -0.39 is 6.09 Å². The van der Waals surface area contributed by atoms with E-state index in [1.807, 2.05) is 0 Å². The van der Waals surface area contributed by atoms with Crippen LogP contribution in [0.1, 0.15) is 26.2 Å². The van der Waals surface area contributed by atoms with Crippen molar-refractivity contribution in [1.82, 2.24) is 5.32 Å². The molecule has 0 heterocycles. The molecular weight excluding hydrogens is 144 g/mol. The Labute approximate surface area is 67.1 Å². The van der Waals surface area contributed by atoms with E-state index in [-0.39, 0.29) is 6.67 Å². The third-order valence-corrected chi connectivity index (χ3v) is 1.23. The second-order valence-corrected chi connectivity index (χ2v) is 2.22. The summed E-state index contributed by atoms with van der Waals surface area (Å²) < 4.78 is 4.75. The molecule has 0 aromatic rings. The second-order valence-electron chi connectivity index (χ2n) is 2.22. The van der Waals surface area contributed by atoms with E-state index in [1.165, 1.54) is 0 Å². The molecule has 0 fully saturated rings. The van der Waals surface area contributed by atoms with Gasteiger partial charge in [0.1, 0.15) is 0 Å². The molecule has 0 rings (SSSR count). The van der Waals surface area contributed by atoms with Crippen molar-refractivity contribution >= 4 is 6.09 Å². The average Bonchev–Trinajstić information content (AvgIpc) is 1.99. The number of carbonyl (C=O) groups is 1. The van der Waals surface area contributed by atoms with Gasteiger partial charge in [-0.15, -0.1) is 0 Å². The molecule has 4 heteroatoms. The van der Waals surface area contributed by atoms with Crippen molar-refractivity contribution in [2.45, 2.75) is 26.2 Å². The molecule has 0 spiro atoms. The van der Waals surface area contributed by atoms with Gasteiger partial charge in [0.05, 0.1) is 13.3 Å². The van der Waals surface area contributed by atoms with Crippen molar-refractivity contribution in [3.63, 3.8) is 0 Å². The summed E-state index contributed by atoms with van der Waals surface area (Å²) in [5, 5.41) is 2.34. The first-order chi connectivity index (χ1) is 5.31. The molecule has 0 aromatic carbocycles. The van der Waals surface area contributed by atoms with Crippen LogP contribution in [0.15, 0.2) is 0 Å². The minimum Gasteiger partial charge on any atom is -0.450 e. The molecule has 0 atom stereocenters. The number of hydrogen-bond donors (Lipinski definition) is 2. The van der Waals surface area contributed by atoms with Crippen LogP contribution in [0.2, 0.25) is 0 Å². The Bertz CT molecular complexity index is 107. The van der Waals surface area contributed by atoms with Gasteiger partial charge in [-0.2, -0.15) is 0 Å². The maximum atomic E-state index is 10.6. The number of rotatable bonds is 5. The second kappa shape index (κ2) is 7.34. The van der Waals surface area contributed by atoms with Crippen molar-refractivity contribution in [2.75, 3.05) is 13.3 Å². The van der Waals surface area contributed by atoms with Crippen LogP contribution in [-0.4, -0.2) is 19.4 Å².